The van der Waals surface area contributed by atoms with Gasteiger partial charge in [-0.3, -0.25) is 9.69 Å². The fourth-order valence-corrected chi connectivity index (χ4v) is 4.18. The zero-order valence-corrected chi connectivity index (χ0v) is 17.3. The number of carbonyl (C=O) groups is 2. The van der Waals surface area contributed by atoms with Gasteiger partial charge in [0.15, 0.2) is 11.5 Å². The summed E-state index contributed by atoms with van der Waals surface area (Å²) >= 11 is 3.50. The Morgan fingerprint density at radius 3 is 2.52 bits per heavy atom. The fourth-order valence-electron chi connectivity index (χ4n) is 3.60. The molecule has 1 saturated carbocycles. The van der Waals surface area contributed by atoms with Gasteiger partial charge in [0.1, 0.15) is 5.70 Å². The molecule has 0 unspecified atom stereocenters. The quantitative estimate of drug-likeness (QED) is 0.527. The maximum absolute atomic E-state index is 12.8. The topological polar surface area (TPSA) is 67.9 Å². The van der Waals surface area contributed by atoms with Crippen LogP contribution in [0.1, 0.15) is 51.5 Å². The molecule has 1 aromatic rings. The maximum atomic E-state index is 12.8. The summed E-state index contributed by atoms with van der Waals surface area (Å²) in [7, 11) is 0. The van der Waals surface area contributed by atoms with Crippen molar-refractivity contribution in [2.45, 2.75) is 52.0 Å². The molecular weight excluding hydrogens is 412 g/mol. The summed E-state index contributed by atoms with van der Waals surface area (Å²) in [6.45, 7) is 4.82. The molecule has 1 N–H and O–H groups in total. The maximum Gasteiger partial charge on any atom is 0.329 e. The molecule has 1 aromatic carbocycles. The largest absolute Gasteiger partial charge is 0.490 e. The third-order valence-corrected chi connectivity index (χ3v) is 5.37. The van der Waals surface area contributed by atoms with E-state index in [-0.39, 0.29) is 18.0 Å². The summed E-state index contributed by atoms with van der Waals surface area (Å²) in [5.74, 6) is 0.975. The van der Waals surface area contributed by atoms with E-state index in [1.165, 1.54) is 11.3 Å². The number of amides is 3. The second kappa shape index (κ2) is 8.78. The van der Waals surface area contributed by atoms with Crippen LogP contribution in [0.25, 0.3) is 6.08 Å². The SMILES string of the molecule is CCOc1cc(/C=C2\NC(=O)N(C3CCCCC3)C2=O)cc(Br)c1OCC. The number of benzene rings is 1. The molecule has 3 amide bonds. The summed E-state index contributed by atoms with van der Waals surface area (Å²) < 4.78 is 12.1. The van der Waals surface area contributed by atoms with E-state index in [0.717, 1.165) is 35.7 Å². The van der Waals surface area contributed by atoms with Crippen LogP contribution < -0.4 is 14.8 Å². The first-order valence-electron chi connectivity index (χ1n) is 9.50. The van der Waals surface area contributed by atoms with Crippen molar-refractivity contribution in [3.63, 3.8) is 0 Å². The predicted octanol–water partition coefficient (Wildman–Crippen LogP) is 4.47. The molecule has 1 heterocycles. The van der Waals surface area contributed by atoms with Gasteiger partial charge in [0.05, 0.1) is 17.7 Å². The highest BCUT2D eigenvalue weighted by molar-refractivity contribution is 9.10. The van der Waals surface area contributed by atoms with Crippen LogP contribution in [0, 0.1) is 0 Å². The van der Waals surface area contributed by atoms with E-state index in [1.807, 2.05) is 26.0 Å². The lowest BCUT2D eigenvalue weighted by Crippen LogP contribution is -2.41. The van der Waals surface area contributed by atoms with E-state index in [1.54, 1.807) is 6.08 Å². The summed E-state index contributed by atoms with van der Waals surface area (Å²) in [6, 6.07) is 3.34. The highest BCUT2D eigenvalue weighted by Gasteiger charge is 2.38. The predicted molar refractivity (Wildman–Crippen MR) is 107 cm³/mol. The lowest BCUT2D eigenvalue weighted by atomic mass is 9.94. The summed E-state index contributed by atoms with van der Waals surface area (Å²) in [5, 5.41) is 2.72. The minimum Gasteiger partial charge on any atom is -0.490 e. The first kappa shape index (κ1) is 19.7. The monoisotopic (exact) mass is 436 g/mol. The molecule has 27 heavy (non-hydrogen) atoms. The third kappa shape index (κ3) is 4.29. The van der Waals surface area contributed by atoms with Gasteiger partial charge in [-0.25, -0.2) is 4.79 Å². The van der Waals surface area contributed by atoms with Crippen molar-refractivity contribution >= 4 is 33.9 Å². The second-order valence-corrected chi connectivity index (χ2v) is 7.51. The van der Waals surface area contributed by atoms with E-state index < -0.39 is 0 Å². The first-order chi connectivity index (χ1) is 13.0. The summed E-state index contributed by atoms with van der Waals surface area (Å²) in [6.07, 6.45) is 6.75. The van der Waals surface area contributed by atoms with Crippen LogP contribution in [0.4, 0.5) is 4.79 Å². The van der Waals surface area contributed by atoms with Crippen molar-refractivity contribution < 1.29 is 19.1 Å². The van der Waals surface area contributed by atoms with Crippen molar-refractivity contribution in [1.82, 2.24) is 10.2 Å². The van der Waals surface area contributed by atoms with Gasteiger partial charge in [-0.1, -0.05) is 19.3 Å². The van der Waals surface area contributed by atoms with Gasteiger partial charge in [-0.2, -0.15) is 0 Å². The van der Waals surface area contributed by atoms with Gasteiger partial charge >= 0.3 is 6.03 Å². The number of ether oxygens (including phenoxy) is 2. The van der Waals surface area contributed by atoms with Crippen LogP contribution in [0.15, 0.2) is 22.3 Å². The molecule has 0 aromatic heterocycles. The average molecular weight is 437 g/mol. The number of imide groups is 1. The number of nitrogens with zero attached hydrogens (tertiary/aromatic N) is 1. The zero-order valence-electron chi connectivity index (χ0n) is 15.7. The molecular formula is C20H25BrN2O4. The summed E-state index contributed by atoms with van der Waals surface area (Å²) in [5.41, 5.74) is 1.05. The van der Waals surface area contributed by atoms with E-state index >= 15 is 0 Å². The molecule has 6 nitrogen and oxygen atoms in total. The molecule has 146 valence electrons. The number of hydrogen-bond donors (Lipinski definition) is 1. The van der Waals surface area contributed by atoms with Crippen LogP contribution in [-0.4, -0.2) is 36.1 Å². The van der Waals surface area contributed by atoms with Crippen LogP contribution >= 0.6 is 15.9 Å². The molecule has 1 saturated heterocycles. The second-order valence-electron chi connectivity index (χ2n) is 6.65. The third-order valence-electron chi connectivity index (χ3n) is 4.78. The van der Waals surface area contributed by atoms with Crippen LogP contribution in [0.2, 0.25) is 0 Å². The Hall–Kier alpha value is -2.02. The number of carbonyl (C=O) groups excluding carboxylic acids is 2. The molecule has 0 atom stereocenters. The van der Waals surface area contributed by atoms with E-state index in [0.29, 0.717) is 30.4 Å². The number of halogens is 1. The lowest BCUT2D eigenvalue weighted by molar-refractivity contribution is -0.124. The number of nitrogens with one attached hydrogen (secondary N) is 1. The van der Waals surface area contributed by atoms with Gasteiger partial charge in [0, 0.05) is 6.04 Å². The van der Waals surface area contributed by atoms with Crippen molar-refractivity contribution in [3.05, 3.63) is 27.9 Å². The normalized spacial score (nSPS) is 19.5. The van der Waals surface area contributed by atoms with Gasteiger partial charge in [-0.15, -0.1) is 0 Å². The number of urea groups is 1. The van der Waals surface area contributed by atoms with E-state index in [2.05, 4.69) is 21.2 Å². The van der Waals surface area contributed by atoms with Gasteiger partial charge in [0.2, 0.25) is 0 Å². The zero-order chi connectivity index (χ0) is 19.4. The van der Waals surface area contributed by atoms with Crippen LogP contribution in [0.5, 0.6) is 11.5 Å². The van der Waals surface area contributed by atoms with Gasteiger partial charge in [-0.05, 0) is 66.4 Å². The Morgan fingerprint density at radius 2 is 1.85 bits per heavy atom. The Bertz CT molecular complexity index is 757. The molecule has 2 fully saturated rings. The standard InChI is InChI=1S/C20H25BrN2O4/c1-3-26-17-12-13(10-15(21)18(17)27-4-2)11-16-19(24)23(20(25)22-16)14-8-6-5-7-9-14/h10-12,14H,3-9H2,1-2H3,(H,22,25)/b16-11-. The van der Waals surface area contributed by atoms with Crippen LogP contribution in [-0.2, 0) is 4.79 Å². The Balaban J connectivity index is 1.87. The summed E-state index contributed by atoms with van der Waals surface area (Å²) in [4.78, 5) is 26.5. The minimum atomic E-state index is -0.326. The molecule has 1 aliphatic heterocycles. The lowest BCUT2D eigenvalue weighted by Gasteiger charge is -2.28. The Morgan fingerprint density at radius 1 is 1.15 bits per heavy atom. The average Bonchev–Trinajstić information content (AvgIpc) is 2.92. The highest BCUT2D eigenvalue weighted by Crippen LogP contribution is 2.38. The smallest absolute Gasteiger partial charge is 0.329 e. The molecule has 1 aliphatic carbocycles. The fraction of sp³-hybridized carbons (Fsp3) is 0.500. The van der Waals surface area contributed by atoms with E-state index in [4.69, 9.17) is 9.47 Å². The molecule has 3 rings (SSSR count). The number of rotatable bonds is 6. The molecule has 0 bridgehead atoms. The van der Waals surface area contributed by atoms with Crippen molar-refractivity contribution in [1.29, 1.82) is 0 Å². The van der Waals surface area contributed by atoms with E-state index in [9.17, 15) is 9.59 Å². The minimum absolute atomic E-state index is 0.00296. The molecule has 7 heteroatoms. The van der Waals surface area contributed by atoms with Crippen LogP contribution in [0.3, 0.4) is 0 Å². The van der Waals surface area contributed by atoms with Crippen molar-refractivity contribution in [3.8, 4) is 11.5 Å². The van der Waals surface area contributed by atoms with Gasteiger partial charge < -0.3 is 14.8 Å². The Labute approximate surface area is 168 Å². The highest BCUT2D eigenvalue weighted by atomic mass is 79.9. The first-order valence-corrected chi connectivity index (χ1v) is 10.3. The van der Waals surface area contributed by atoms with Crippen molar-refractivity contribution in [2.24, 2.45) is 0 Å². The van der Waals surface area contributed by atoms with Crippen molar-refractivity contribution in [2.75, 3.05) is 13.2 Å². The van der Waals surface area contributed by atoms with Gasteiger partial charge in [0.25, 0.3) is 5.91 Å². The molecule has 0 spiro atoms. The number of hydrogen-bond acceptors (Lipinski definition) is 4. The molecule has 0 radical (unpaired) electrons. The Kier molecular flexibility index (Phi) is 6.42. The molecule has 2 aliphatic rings.